The number of nitrogens with one attached hydrogen (secondary N) is 2. The van der Waals surface area contributed by atoms with E-state index in [9.17, 15) is 9.59 Å². The van der Waals surface area contributed by atoms with Crippen molar-refractivity contribution in [1.82, 2.24) is 0 Å². The summed E-state index contributed by atoms with van der Waals surface area (Å²) < 4.78 is 6.68. The Balaban J connectivity index is 1.84. The van der Waals surface area contributed by atoms with Gasteiger partial charge in [0.05, 0.1) is 28.5 Å². The molecule has 2 amide bonds. The lowest BCUT2D eigenvalue weighted by Gasteiger charge is -2.20. The van der Waals surface area contributed by atoms with E-state index in [1.807, 2.05) is 12.1 Å². The van der Waals surface area contributed by atoms with Crippen LogP contribution >= 0.6 is 15.9 Å². The van der Waals surface area contributed by atoms with Crippen LogP contribution < -0.4 is 15.4 Å². The minimum Gasteiger partial charge on any atom is -0.492 e. The second-order valence-electron chi connectivity index (χ2n) is 7.82. The number of hydrogen-bond donors (Lipinski definition) is 2. The molecule has 0 bridgehead atoms. The maximum atomic E-state index is 12.3. The van der Waals surface area contributed by atoms with E-state index in [2.05, 4.69) is 53.4 Å². The summed E-state index contributed by atoms with van der Waals surface area (Å²) in [6.07, 6.45) is 0.576. The normalized spacial score (nSPS) is 10.8. The fourth-order valence-electron chi connectivity index (χ4n) is 2.68. The van der Waals surface area contributed by atoms with Crippen molar-refractivity contribution in [2.45, 2.75) is 45.4 Å². The molecule has 0 unspecified atom stereocenters. The summed E-state index contributed by atoms with van der Waals surface area (Å²) in [6.45, 7) is 6.87. The van der Waals surface area contributed by atoms with Crippen LogP contribution in [0.5, 0.6) is 5.75 Å². The zero-order chi connectivity index (χ0) is 22.1. The molecule has 2 aromatic carbocycles. The molecule has 0 aliphatic heterocycles. The number of nitrogens with zero attached hydrogens (tertiary/aromatic N) is 1. The van der Waals surface area contributed by atoms with Crippen LogP contribution in [-0.4, -0.2) is 18.4 Å². The first-order chi connectivity index (χ1) is 14.2. The van der Waals surface area contributed by atoms with Crippen molar-refractivity contribution >= 4 is 39.1 Å². The van der Waals surface area contributed by atoms with E-state index in [1.165, 1.54) is 5.56 Å². The van der Waals surface area contributed by atoms with Gasteiger partial charge in [0.15, 0.2) is 0 Å². The van der Waals surface area contributed by atoms with Crippen molar-refractivity contribution in [2.24, 2.45) is 0 Å². The molecule has 2 rings (SSSR count). The molecule has 0 aliphatic carbocycles. The third-order valence-corrected chi connectivity index (χ3v) is 4.94. The van der Waals surface area contributed by atoms with Gasteiger partial charge in [-0.15, -0.1) is 0 Å². The second-order valence-corrected chi connectivity index (χ2v) is 8.68. The number of anilines is 2. The number of rotatable bonds is 8. The summed E-state index contributed by atoms with van der Waals surface area (Å²) >= 11 is 3.54. The van der Waals surface area contributed by atoms with Crippen LogP contribution in [0.2, 0.25) is 0 Å². The van der Waals surface area contributed by atoms with E-state index in [0.717, 1.165) is 10.2 Å². The predicted octanol–water partition coefficient (Wildman–Crippen LogP) is 5.40. The molecule has 0 saturated carbocycles. The first kappa shape index (κ1) is 23.4. The number of hydrogen-bond acceptors (Lipinski definition) is 4. The van der Waals surface area contributed by atoms with Gasteiger partial charge in [-0.1, -0.05) is 39.0 Å². The van der Waals surface area contributed by atoms with Gasteiger partial charge < -0.3 is 15.4 Å². The maximum Gasteiger partial charge on any atom is 0.238 e. The van der Waals surface area contributed by atoms with E-state index in [-0.39, 0.29) is 24.2 Å². The van der Waals surface area contributed by atoms with E-state index in [4.69, 9.17) is 10.00 Å². The lowest BCUT2D eigenvalue weighted by molar-refractivity contribution is -0.117. The molecule has 158 valence electrons. The van der Waals surface area contributed by atoms with Crippen LogP contribution in [0.4, 0.5) is 11.4 Å². The highest BCUT2D eigenvalue weighted by atomic mass is 79.9. The Labute approximate surface area is 185 Å². The highest BCUT2D eigenvalue weighted by molar-refractivity contribution is 9.10. The van der Waals surface area contributed by atoms with Gasteiger partial charge in [0, 0.05) is 6.42 Å². The van der Waals surface area contributed by atoms with Crippen LogP contribution in [0.3, 0.4) is 0 Å². The number of benzene rings is 2. The molecule has 0 fully saturated rings. The Hall–Kier alpha value is -2.85. The topological polar surface area (TPSA) is 91.2 Å². The number of ether oxygens (including phenoxy) is 1. The van der Waals surface area contributed by atoms with Gasteiger partial charge in [-0.3, -0.25) is 9.59 Å². The number of amides is 2. The fraction of sp³-hybridized carbons (Fsp3) is 0.348. The zero-order valence-electron chi connectivity index (χ0n) is 17.4. The molecule has 0 radical (unpaired) electrons. The van der Waals surface area contributed by atoms with E-state index < -0.39 is 5.91 Å². The quantitative estimate of drug-likeness (QED) is 0.504. The Morgan fingerprint density at radius 3 is 2.27 bits per heavy atom. The van der Waals surface area contributed by atoms with Crippen molar-refractivity contribution in [1.29, 1.82) is 5.26 Å². The second kappa shape index (κ2) is 10.8. The molecule has 0 spiro atoms. The summed E-state index contributed by atoms with van der Waals surface area (Å²) in [6, 6.07) is 14.7. The van der Waals surface area contributed by atoms with E-state index >= 15 is 0 Å². The third-order valence-electron chi connectivity index (χ3n) is 4.32. The number of para-hydroxylation sites is 2. The Morgan fingerprint density at radius 1 is 1.07 bits per heavy atom. The lowest BCUT2D eigenvalue weighted by atomic mass is 9.87. The predicted molar refractivity (Wildman–Crippen MR) is 122 cm³/mol. The monoisotopic (exact) mass is 471 g/mol. The van der Waals surface area contributed by atoms with E-state index in [1.54, 1.807) is 30.3 Å². The smallest absolute Gasteiger partial charge is 0.238 e. The van der Waals surface area contributed by atoms with Crippen LogP contribution in [0.25, 0.3) is 0 Å². The van der Waals surface area contributed by atoms with Gasteiger partial charge in [-0.2, -0.15) is 5.26 Å². The Kier molecular flexibility index (Phi) is 8.43. The Morgan fingerprint density at radius 2 is 1.70 bits per heavy atom. The first-order valence-electron chi connectivity index (χ1n) is 9.69. The first-order valence-corrected chi connectivity index (χ1v) is 10.5. The SMILES string of the molecule is CC(C)(C)c1ccc(OCCCC(=O)Nc2ccccc2NC(=O)CC#N)c(Br)c1. The molecule has 7 heteroatoms. The number of carbonyl (C=O) groups is 2. The van der Waals surface area contributed by atoms with Crippen molar-refractivity contribution in [2.75, 3.05) is 17.2 Å². The molecular weight excluding hydrogens is 446 g/mol. The van der Waals surface area contributed by atoms with Crippen LogP contribution in [0.15, 0.2) is 46.9 Å². The molecule has 2 N–H and O–H groups in total. The minimum atomic E-state index is -0.421. The fourth-order valence-corrected chi connectivity index (χ4v) is 3.17. The number of halogens is 1. The molecular formula is C23H26BrN3O3. The lowest BCUT2D eigenvalue weighted by Crippen LogP contribution is -2.16. The Bertz CT molecular complexity index is 945. The van der Waals surface area contributed by atoms with Gasteiger partial charge in [-0.05, 0) is 57.6 Å². The van der Waals surface area contributed by atoms with Crippen molar-refractivity contribution in [3.8, 4) is 11.8 Å². The molecule has 0 atom stereocenters. The molecule has 2 aromatic rings. The van der Waals surface area contributed by atoms with Gasteiger partial charge in [0.2, 0.25) is 11.8 Å². The summed E-state index contributed by atoms with van der Waals surface area (Å²) in [7, 11) is 0. The molecule has 0 aliphatic rings. The molecule has 6 nitrogen and oxygen atoms in total. The van der Waals surface area contributed by atoms with Crippen molar-refractivity contribution in [3.05, 3.63) is 52.5 Å². The summed E-state index contributed by atoms with van der Waals surface area (Å²) in [4.78, 5) is 23.9. The number of nitriles is 1. The van der Waals surface area contributed by atoms with Gasteiger partial charge in [0.1, 0.15) is 12.2 Å². The highest BCUT2D eigenvalue weighted by Gasteiger charge is 2.15. The maximum absolute atomic E-state index is 12.3. The minimum absolute atomic E-state index is 0.0590. The van der Waals surface area contributed by atoms with Crippen molar-refractivity contribution in [3.63, 3.8) is 0 Å². The van der Waals surface area contributed by atoms with Gasteiger partial charge >= 0.3 is 0 Å². The van der Waals surface area contributed by atoms with Crippen LogP contribution in [0, 0.1) is 11.3 Å². The number of carbonyl (C=O) groups excluding carboxylic acids is 2. The largest absolute Gasteiger partial charge is 0.492 e. The molecule has 0 saturated heterocycles. The average molecular weight is 472 g/mol. The molecule has 0 aromatic heterocycles. The summed E-state index contributed by atoms with van der Waals surface area (Å²) in [5.74, 6) is 0.146. The van der Waals surface area contributed by atoms with Crippen LogP contribution in [0.1, 0.15) is 45.6 Å². The summed E-state index contributed by atoms with van der Waals surface area (Å²) in [5, 5.41) is 14.0. The molecule has 0 heterocycles. The highest BCUT2D eigenvalue weighted by Crippen LogP contribution is 2.31. The summed E-state index contributed by atoms with van der Waals surface area (Å²) in [5.41, 5.74) is 2.23. The van der Waals surface area contributed by atoms with Gasteiger partial charge in [-0.25, -0.2) is 0 Å². The molecule has 30 heavy (non-hydrogen) atoms. The van der Waals surface area contributed by atoms with E-state index in [0.29, 0.717) is 24.4 Å². The van der Waals surface area contributed by atoms with Crippen LogP contribution in [-0.2, 0) is 15.0 Å². The van der Waals surface area contributed by atoms with Crippen molar-refractivity contribution < 1.29 is 14.3 Å². The average Bonchev–Trinajstić information content (AvgIpc) is 2.67. The zero-order valence-corrected chi connectivity index (χ0v) is 19.0. The third kappa shape index (κ3) is 7.20. The standard InChI is InChI=1S/C23H26BrN3O3/c1-23(2,3)16-10-11-20(17(24)15-16)30-14-6-9-21(28)26-18-7-4-5-8-19(18)27-22(29)12-13-25/h4-5,7-8,10-11,15H,6,9,12,14H2,1-3H3,(H,26,28)(H,27,29). The van der Waals surface area contributed by atoms with Gasteiger partial charge in [0.25, 0.3) is 0 Å².